The van der Waals surface area contributed by atoms with E-state index >= 15 is 0 Å². The van der Waals surface area contributed by atoms with E-state index in [4.69, 9.17) is 18.7 Å². The highest BCUT2D eigenvalue weighted by Gasteiger charge is 2.11. The number of nitrogens with one attached hydrogen (secondary N) is 1. The van der Waals surface area contributed by atoms with Gasteiger partial charge in [0.05, 0.1) is 12.2 Å². The molecule has 2 rings (SSSR count). The molecule has 1 amide bonds. The van der Waals surface area contributed by atoms with Gasteiger partial charge in [0, 0.05) is 11.8 Å². The van der Waals surface area contributed by atoms with E-state index in [-0.39, 0.29) is 12.5 Å². The predicted molar refractivity (Wildman–Crippen MR) is 88.7 cm³/mol. The summed E-state index contributed by atoms with van der Waals surface area (Å²) < 4.78 is 19.5. The number of carbonyl (C=O) groups is 3. The molecular weight excluding hydrogens is 344 g/mol. The third kappa shape index (κ3) is 5.93. The Morgan fingerprint density at radius 3 is 2.46 bits per heavy atom. The number of esters is 2. The highest BCUT2D eigenvalue weighted by Crippen LogP contribution is 2.11. The van der Waals surface area contributed by atoms with Crippen LogP contribution in [0.1, 0.15) is 23.0 Å². The van der Waals surface area contributed by atoms with Crippen LogP contribution >= 0.6 is 0 Å². The van der Waals surface area contributed by atoms with Crippen LogP contribution in [-0.4, -0.2) is 42.8 Å². The Morgan fingerprint density at radius 1 is 1.12 bits per heavy atom. The van der Waals surface area contributed by atoms with Crippen LogP contribution < -0.4 is 10.1 Å². The molecule has 2 aromatic rings. The van der Waals surface area contributed by atoms with Crippen LogP contribution in [0.2, 0.25) is 0 Å². The highest BCUT2D eigenvalue weighted by atomic mass is 16.6. The number of aromatic nitrogens is 1. The van der Waals surface area contributed by atoms with Crippen molar-refractivity contribution >= 4 is 23.5 Å². The van der Waals surface area contributed by atoms with Gasteiger partial charge in [0.1, 0.15) is 5.76 Å². The molecule has 0 radical (unpaired) electrons. The van der Waals surface area contributed by atoms with Crippen molar-refractivity contribution in [3.63, 3.8) is 0 Å². The SMILES string of the molecule is CCOC(=O)c1ccc(NC(=O)COC(=O)COc2cc(C)on2)cc1. The second kappa shape index (κ2) is 9.21. The van der Waals surface area contributed by atoms with Gasteiger partial charge in [0.15, 0.2) is 13.2 Å². The van der Waals surface area contributed by atoms with E-state index in [9.17, 15) is 14.4 Å². The van der Waals surface area contributed by atoms with E-state index < -0.39 is 31.1 Å². The fourth-order valence-electron chi connectivity index (χ4n) is 1.83. The lowest BCUT2D eigenvalue weighted by Gasteiger charge is -2.07. The Balaban J connectivity index is 1.72. The minimum atomic E-state index is -0.724. The largest absolute Gasteiger partial charge is 0.463 e. The third-order valence-electron chi connectivity index (χ3n) is 2.99. The summed E-state index contributed by atoms with van der Waals surface area (Å²) >= 11 is 0. The monoisotopic (exact) mass is 362 g/mol. The molecule has 9 nitrogen and oxygen atoms in total. The molecule has 26 heavy (non-hydrogen) atoms. The lowest BCUT2D eigenvalue weighted by Crippen LogP contribution is -2.23. The summed E-state index contributed by atoms with van der Waals surface area (Å²) in [4.78, 5) is 34.8. The van der Waals surface area contributed by atoms with Crippen molar-refractivity contribution in [3.05, 3.63) is 41.7 Å². The van der Waals surface area contributed by atoms with Crippen LogP contribution in [0.3, 0.4) is 0 Å². The van der Waals surface area contributed by atoms with Gasteiger partial charge in [-0.15, -0.1) is 0 Å². The van der Waals surface area contributed by atoms with E-state index in [2.05, 4.69) is 10.5 Å². The van der Waals surface area contributed by atoms with Crippen LogP contribution in [0.25, 0.3) is 0 Å². The van der Waals surface area contributed by atoms with Crippen LogP contribution in [0, 0.1) is 6.92 Å². The summed E-state index contributed by atoms with van der Waals surface area (Å²) in [5.41, 5.74) is 0.824. The van der Waals surface area contributed by atoms with Crippen LogP contribution in [0.5, 0.6) is 5.88 Å². The van der Waals surface area contributed by atoms with Crippen molar-refractivity contribution < 1.29 is 33.1 Å². The first-order chi connectivity index (χ1) is 12.5. The lowest BCUT2D eigenvalue weighted by molar-refractivity contribution is -0.149. The molecule has 9 heteroatoms. The zero-order chi connectivity index (χ0) is 18.9. The standard InChI is InChI=1S/C17H18N2O7/c1-3-23-17(22)12-4-6-13(7-5-12)18-14(20)9-25-16(21)10-24-15-8-11(2)26-19-15/h4-8H,3,9-10H2,1-2H3,(H,18,20). The number of ether oxygens (including phenoxy) is 3. The quantitative estimate of drug-likeness (QED) is 0.706. The molecule has 0 aliphatic carbocycles. The van der Waals surface area contributed by atoms with Crippen LogP contribution in [0.4, 0.5) is 5.69 Å². The first kappa shape index (κ1) is 19.0. The second-order valence-corrected chi connectivity index (χ2v) is 5.07. The molecule has 0 spiro atoms. The molecule has 0 saturated heterocycles. The Kier molecular flexibility index (Phi) is 6.72. The number of benzene rings is 1. The van der Waals surface area contributed by atoms with Gasteiger partial charge in [-0.25, -0.2) is 9.59 Å². The molecule has 0 saturated carbocycles. The molecule has 0 fully saturated rings. The number of hydrogen-bond acceptors (Lipinski definition) is 8. The lowest BCUT2D eigenvalue weighted by atomic mass is 10.2. The maximum atomic E-state index is 11.8. The van der Waals surface area contributed by atoms with Gasteiger partial charge in [0.2, 0.25) is 0 Å². The molecule has 1 N–H and O–H groups in total. The summed E-state index contributed by atoms with van der Waals surface area (Å²) in [7, 11) is 0. The summed E-state index contributed by atoms with van der Waals surface area (Å²) in [6, 6.07) is 7.64. The molecule has 1 aromatic carbocycles. The predicted octanol–water partition coefficient (Wildman–Crippen LogP) is 1.72. The Labute approximate surface area is 149 Å². The average molecular weight is 362 g/mol. The molecular formula is C17H18N2O7. The second-order valence-electron chi connectivity index (χ2n) is 5.07. The normalized spacial score (nSPS) is 10.1. The van der Waals surface area contributed by atoms with Crippen LogP contribution in [0.15, 0.2) is 34.9 Å². The maximum absolute atomic E-state index is 11.8. The number of hydrogen-bond donors (Lipinski definition) is 1. The number of aryl methyl sites for hydroxylation is 1. The minimum absolute atomic E-state index is 0.158. The van der Waals surface area contributed by atoms with Crippen molar-refractivity contribution in [1.29, 1.82) is 0 Å². The molecule has 138 valence electrons. The summed E-state index contributed by atoms with van der Waals surface area (Å²) in [5.74, 6) is -0.994. The Morgan fingerprint density at radius 2 is 1.85 bits per heavy atom. The Hall–Kier alpha value is -3.36. The zero-order valence-electron chi connectivity index (χ0n) is 14.3. The van der Waals surface area contributed by atoms with Gasteiger partial charge in [-0.05, 0) is 43.3 Å². The number of anilines is 1. The molecule has 1 aromatic heterocycles. The van der Waals surface area contributed by atoms with Gasteiger partial charge in [-0.2, -0.15) is 0 Å². The van der Waals surface area contributed by atoms with E-state index in [0.29, 0.717) is 17.0 Å². The molecule has 0 unspecified atom stereocenters. The Bertz CT molecular complexity index is 768. The molecule has 0 aliphatic heterocycles. The van der Waals surface area contributed by atoms with Crippen molar-refractivity contribution in [3.8, 4) is 5.88 Å². The topological polar surface area (TPSA) is 117 Å². The summed E-state index contributed by atoms with van der Waals surface area (Å²) in [5, 5.41) is 6.09. The zero-order valence-corrected chi connectivity index (χ0v) is 14.3. The van der Waals surface area contributed by atoms with Crippen molar-refractivity contribution in [2.45, 2.75) is 13.8 Å². The third-order valence-corrected chi connectivity index (χ3v) is 2.99. The van der Waals surface area contributed by atoms with Crippen molar-refractivity contribution in [2.75, 3.05) is 25.1 Å². The summed E-state index contributed by atoms with van der Waals surface area (Å²) in [6.45, 7) is 2.81. The van der Waals surface area contributed by atoms with E-state index in [1.165, 1.54) is 18.2 Å². The molecule has 0 bridgehead atoms. The van der Waals surface area contributed by atoms with E-state index in [1.807, 2.05) is 0 Å². The number of nitrogens with zero attached hydrogens (tertiary/aromatic N) is 1. The number of rotatable bonds is 8. The van der Waals surface area contributed by atoms with Gasteiger partial charge in [-0.1, -0.05) is 0 Å². The first-order valence-corrected chi connectivity index (χ1v) is 7.76. The fourth-order valence-corrected chi connectivity index (χ4v) is 1.83. The number of carbonyl (C=O) groups excluding carboxylic acids is 3. The van der Waals surface area contributed by atoms with E-state index in [1.54, 1.807) is 26.0 Å². The highest BCUT2D eigenvalue weighted by molar-refractivity contribution is 5.94. The minimum Gasteiger partial charge on any atom is -0.463 e. The van der Waals surface area contributed by atoms with Crippen molar-refractivity contribution in [2.24, 2.45) is 0 Å². The van der Waals surface area contributed by atoms with Gasteiger partial charge < -0.3 is 24.1 Å². The average Bonchev–Trinajstić information content (AvgIpc) is 3.04. The van der Waals surface area contributed by atoms with Crippen molar-refractivity contribution in [1.82, 2.24) is 5.16 Å². The maximum Gasteiger partial charge on any atom is 0.344 e. The summed E-state index contributed by atoms with van der Waals surface area (Å²) in [6.07, 6.45) is 0. The fraction of sp³-hybridized carbons (Fsp3) is 0.294. The molecule has 0 aliphatic rings. The number of amides is 1. The molecule has 1 heterocycles. The van der Waals surface area contributed by atoms with Gasteiger partial charge >= 0.3 is 11.9 Å². The molecule has 0 atom stereocenters. The van der Waals surface area contributed by atoms with Gasteiger partial charge in [0.25, 0.3) is 11.8 Å². The first-order valence-electron chi connectivity index (χ1n) is 7.76. The van der Waals surface area contributed by atoms with Gasteiger partial charge in [-0.3, -0.25) is 4.79 Å². The van der Waals surface area contributed by atoms with Crippen LogP contribution in [-0.2, 0) is 19.1 Å². The smallest absolute Gasteiger partial charge is 0.344 e. The van der Waals surface area contributed by atoms with E-state index in [0.717, 1.165) is 0 Å².